The van der Waals surface area contributed by atoms with Crippen LogP contribution in [0.3, 0.4) is 0 Å². The van der Waals surface area contributed by atoms with Gasteiger partial charge < -0.3 is 10.2 Å². The predicted octanol–water partition coefficient (Wildman–Crippen LogP) is 2.71. The number of nitrogens with zero attached hydrogens (tertiary/aromatic N) is 1. The van der Waals surface area contributed by atoms with Crippen molar-refractivity contribution in [3.8, 4) is 0 Å². The summed E-state index contributed by atoms with van der Waals surface area (Å²) in [6.45, 7) is 4.56. The molecule has 2 atom stereocenters. The van der Waals surface area contributed by atoms with Crippen molar-refractivity contribution in [3.63, 3.8) is 0 Å². The number of hydrogen-bond acceptors (Lipinski definition) is 2. The molecule has 0 aliphatic carbocycles. The van der Waals surface area contributed by atoms with E-state index in [4.69, 9.17) is 0 Å². The molecule has 104 valence electrons. The zero-order valence-corrected chi connectivity index (χ0v) is 11.5. The van der Waals surface area contributed by atoms with Gasteiger partial charge in [0.2, 0.25) is 5.91 Å². The van der Waals surface area contributed by atoms with E-state index in [0.29, 0.717) is 18.3 Å². The highest BCUT2D eigenvalue weighted by Gasteiger charge is 2.28. The number of anilines is 1. The summed E-state index contributed by atoms with van der Waals surface area (Å²) in [6, 6.07) is 6.44. The molecule has 0 saturated carbocycles. The van der Waals surface area contributed by atoms with Gasteiger partial charge >= 0.3 is 0 Å². The maximum atomic E-state index is 13.3. The molecule has 1 aliphatic heterocycles. The maximum absolute atomic E-state index is 13.3. The Hall–Kier alpha value is -1.42. The number of carbonyl (C=O) groups is 1. The van der Waals surface area contributed by atoms with Crippen molar-refractivity contribution < 1.29 is 9.18 Å². The van der Waals surface area contributed by atoms with Crippen LogP contribution in [0.2, 0.25) is 0 Å². The minimum atomic E-state index is -0.311. The molecule has 4 heteroatoms. The van der Waals surface area contributed by atoms with E-state index in [0.717, 1.165) is 19.3 Å². The van der Waals surface area contributed by atoms with Crippen LogP contribution in [-0.4, -0.2) is 24.5 Å². The minimum Gasteiger partial charge on any atom is -0.311 e. The van der Waals surface area contributed by atoms with E-state index in [2.05, 4.69) is 12.2 Å². The standard InChI is InChI=1S/C15H21FN2O/c1-3-18(13-8-5-7-12(16)10-13)15(19)14-9-4-6-11(2)17-14/h5,7-8,10-11,14,17H,3-4,6,9H2,1-2H3. The summed E-state index contributed by atoms with van der Waals surface area (Å²) in [4.78, 5) is 14.2. The second-order valence-electron chi connectivity index (χ2n) is 5.11. The van der Waals surface area contributed by atoms with Gasteiger partial charge in [-0.05, 0) is 51.3 Å². The van der Waals surface area contributed by atoms with Gasteiger partial charge in [-0.2, -0.15) is 0 Å². The summed E-state index contributed by atoms with van der Waals surface area (Å²) in [5.41, 5.74) is 0.632. The average Bonchev–Trinajstić information content (AvgIpc) is 2.39. The number of benzene rings is 1. The van der Waals surface area contributed by atoms with Crippen molar-refractivity contribution in [3.05, 3.63) is 30.1 Å². The van der Waals surface area contributed by atoms with Crippen LogP contribution in [0.4, 0.5) is 10.1 Å². The molecule has 3 nitrogen and oxygen atoms in total. The number of likely N-dealkylation sites (N-methyl/N-ethyl adjacent to an activating group) is 1. The summed E-state index contributed by atoms with van der Waals surface area (Å²) >= 11 is 0. The quantitative estimate of drug-likeness (QED) is 0.910. The van der Waals surface area contributed by atoms with Crippen LogP contribution in [0.1, 0.15) is 33.1 Å². The molecule has 19 heavy (non-hydrogen) atoms. The molecule has 1 saturated heterocycles. The second kappa shape index (κ2) is 6.15. The first-order chi connectivity index (χ1) is 9.11. The lowest BCUT2D eigenvalue weighted by molar-refractivity contribution is -0.121. The van der Waals surface area contributed by atoms with Crippen molar-refractivity contribution in [2.24, 2.45) is 0 Å². The lowest BCUT2D eigenvalue weighted by atomic mass is 9.98. The highest BCUT2D eigenvalue weighted by Crippen LogP contribution is 2.20. The van der Waals surface area contributed by atoms with Gasteiger partial charge in [-0.3, -0.25) is 4.79 Å². The fraction of sp³-hybridized carbons (Fsp3) is 0.533. The van der Waals surface area contributed by atoms with E-state index in [1.807, 2.05) is 6.92 Å². The van der Waals surface area contributed by atoms with Gasteiger partial charge in [0.15, 0.2) is 0 Å². The van der Waals surface area contributed by atoms with Crippen LogP contribution >= 0.6 is 0 Å². The first-order valence-corrected chi connectivity index (χ1v) is 6.94. The summed E-state index contributed by atoms with van der Waals surface area (Å²) in [5.74, 6) is -0.270. The van der Waals surface area contributed by atoms with E-state index in [1.165, 1.54) is 12.1 Å². The van der Waals surface area contributed by atoms with Gasteiger partial charge in [-0.25, -0.2) is 4.39 Å². The monoisotopic (exact) mass is 264 g/mol. The normalized spacial score (nSPS) is 23.1. The molecule has 1 amide bonds. The van der Waals surface area contributed by atoms with Crippen molar-refractivity contribution in [2.75, 3.05) is 11.4 Å². The first-order valence-electron chi connectivity index (χ1n) is 6.94. The van der Waals surface area contributed by atoms with E-state index in [1.54, 1.807) is 17.0 Å². The van der Waals surface area contributed by atoms with Crippen molar-refractivity contribution in [1.82, 2.24) is 5.32 Å². The molecule has 0 bridgehead atoms. The van der Waals surface area contributed by atoms with Crippen molar-refractivity contribution >= 4 is 11.6 Å². The van der Waals surface area contributed by atoms with Crippen LogP contribution in [0, 0.1) is 5.82 Å². The van der Waals surface area contributed by atoms with E-state index < -0.39 is 0 Å². The largest absolute Gasteiger partial charge is 0.311 e. The molecule has 0 aromatic heterocycles. The topological polar surface area (TPSA) is 32.3 Å². The van der Waals surface area contributed by atoms with Gasteiger partial charge in [0.05, 0.1) is 6.04 Å². The Labute approximate surface area is 113 Å². The number of carbonyl (C=O) groups excluding carboxylic acids is 1. The number of nitrogens with one attached hydrogen (secondary N) is 1. The summed E-state index contributed by atoms with van der Waals surface area (Å²) in [6.07, 6.45) is 3.02. The van der Waals surface area contributed by atoms with Crippen LogP contribution in [-0.2, 0) is 4.79 Å². The Bertz CT molecular complexity index is 450. The Morgan fingerprint density at radius 2 is 2.26 bits per heavy atom. The Morgan fingerprint density at radius 1 is 1.47 bits per heavy atom. The molecular weight excluding hydrogens is 243 g/mol. The third-order valence-electron chi connectivity index (χ3n) is 3.62. The fourth-order valence-electron chi connectivity index (χ4n) is 2.63. The van der Waals surface area contributed by atoms with Gasteiger partial charge in [-0.15, -0.1) is 0 Å². The average molecular weight is 264 g/mol. The lowest BCUT2D eigenvalue weighted by Gasteiger charge is -2.32. The van der Waals surface area contributed by atoms with E-state index >= 15 is 0 Å². The van der Waals surface area contributed by atoms with E-state index in [-0.39, 0.29) is 17.8 Å². The fourth-order valence-corrected chi connectivity index (χ4v) is 2.63. The highest BCUT2D eigenvalue weighted by atomic mass is 19.1. The molecule has 1 aromatic rings. The smallest absolute Gasteiger partial charge is 0.244 e. The molecule has 1 fully saturated rings. The Morgan fingerprint density at radius 3 is 2.89 bits per heavy atom. The van der Waals surface area contributed by atoms with Crippen molar-refractivity contribution in [1.29, 1.82) is 0 Å². The highest BCUT2D eigenvalue weighted by molar-refractivity contribution is 5.97. The maximum Gasteiger partial charge on any atom is 0.244 e. The number of halogens is 1. The molecule has 1 N–H and O–H groups in total. The number of hydrogen-bond donors (Lipinski definition) is 1. The zero-order valence-electron chi connectivity index (χ0n) is 11.5. The predicted molar refractivity (Wildman–Crippen MR) is 74.7 cm³/mol. The van der Waals surface area contributed by atoms with Crippen LogP contribution in [0.5, 0.6) is 0 Å². The third-order valence-corrected chi connectivity index (χ3v) is 3.62. The lowest BCUT2D eigenvalue weighted by Crippen LogP contribution is -2.51. The second-order valence-corrected chi connectivity index (χ2v) is 5.11. The molecule has 1 heterocycles. The number of amides is 1. The van der Waals surface area contributed by atoms with Gasteiger partial charge in [-0.1, -0.05) is 6.07 Å². The first kappa shape index (κ1) is 14.0. The van der Waals surface area contributed by atoms with Gasteiger partial charge in [0.1, 0.15) is 5.82 Å². The Kier molecular flexibility index (Phi) is 4.53. The molecule has 0 spiro atoms. The number of piperidine rings is 1. The van der Waals surface area contributed by atoms with Gasteiger partial charge in [0, 0.05) is 18.3 Å². The molecule has 1 aromatic carbocycles. The van der Waals surface area contributed by atoms with Crippen LogP contribution < -0.4 is 10.2 Å². The van der Waals surface area contributed by atoms with Crippen LogP contribution in [0.25, 0.3) is 0 Å². The number of rotatable bonds is 3. The summed E-state index contributed by atoms with van der Waals surface area (Å²) in [5, 5.41) is 3.33. The SMILES string of the molecule is CCN(C(=O)C1CCCC(C)N1)c1cccc(F)c1. The summed E-state index contributed by atoms with van der Waals surface area (Å²) in [7, 11) is 0. The molecule has 0 radical (unpaired) electrons. The van der Waals surface area contributed by atoms with E-state index in [9.17, 15) is 9.18 Å². The molecule has 2 unspecified atom stereocenters. The third kappa shape index (κ3) is 3.32. The molecule has 2 rings (SSSR count). The summed E-state index contributed by atoms with van der Waals surface area (Å²) < 4.78 is 13.3. The molecule has 1 aliphatic rings. The zero-order chi connectivity index (χ0) is 13.8. The molecular formula is C15H21FN2O. The minimum absolute atomic E-state index is 0.0413. The Balaban J connectivity index is 2.15. The van der Waals surface area contributed by atoms with Crippen LogP contribution in [0.15, 0.2) is 24.3 Å². The van der Waals surface area contributed by atoms with Crippen molar-refractivity contribution in [2.45, 2.75) is 45.2 Å². The van der Waals surface area contributed by atoms with Gasteiger partial charge in [0.25, 0.3) is 0 Å².